The van der Waals surface area contributed by atoms with Gasteiger partial charge < -0.3 is 10.3 Å². The van der Waals surface area contributed by atoms with Crippen molar-refractivity contribution in [3.63, 3.8) is 0 Å². The van der Waals surface area contributed by atoms with Crippen LogP contribution in [0.4, 0.5) is 0 Å². The molecule has 1 aromatic carbocycles. The van der Waals surface area contributed by atoms with Crippen molar-refractivity contribution in [3.05, 3.63) is 53.1 Å². The highest BCUT2D eigenvalue weighted by atomic mass is 15.0. The number of rotatable bonds is 4. The van der Waals surface area contributed by atoms with Crippen LogP contribution in [0, 0.1) is 13.8 Å². The van der Waals surface area contributed by atoms with Crippen molar-refractivity contribution < 1.29 is 0 Å². The summed E-state index contributed by atoms with van der Waals surface area (Å²) in [5.74, 6) is 0.978. The lowest BCUT2D eigenvalue weighted by Gasteiger charge is -2.20. The molecular weight excluding hydrogens is 222 g/mol. The summed E-state index contributed by atoms with van der Waals surface area (Å²) >= 11 is 0. The highest BCUT2D eigenvalue weighted by Crippen LogP contribution is 2.19. The average Bonchev–Trinajstić information content (AvgIpc) is 2.80. The van der Waals surface area contributed by atoms with Crippen LogP contribution in [0.1, 0.15) is 48.4 Å². The standard InChI is InChI=1S/C15H21N3/c1-10-7-11(2)9-14(8-10)12(3)18-13(4)15-16-5-6-17-15/h5-9,12-13,18H,1-4H3,(H,16,17). The highest BCUT2D eigenvalue weighted by Gasteiger charge is 2.13. The summed E-state index contributed by atoms with van der Waals surface area (Å²) < 4.78 is 0. The summed E-state index contributed by atoms with van der Waals surface area (Å²) in [5, 5.41) is 3.56. The summed E-state index contributed by atoms with van der Waals surface area (Å²) in [6, 6.07) is 7.20. The van der Waals surface area contributed by atoms with E-state index in [0.29, 0.717) is 6.04 Å². The molecule has 18 heavy (non-hydrogen) atoms. The smallest absolute Gasteiger partial charge is 0.122 e. The van der Waals surface area contributed by atoms with Gasteiger partial charge in [-0.1, -0.05) is 29.3 Å². The van der Waals surface area contributed by atoms with Gasteiger partial charge >= 0.3 is 0 Å². The van der Waals surface area contributed by atoms with E-state index in [9.17, 15) is 0 Å². The van der Waals surface area contributed by atoms with Crippen molar-refractivity contribution in [1.29, 1.82) is 0 Å². The van der Waals surface area contributed by atoms with E-state index >= 15 is 0 Å². The lowest BCUT2D eigenvalue weighted by atomic mass is 10.0. The van der Waals surface area contributed by atoms with Gasteiger partial charge in [0.1, 0.15) is 5.82 Å². The van der Waals surface area contributed by atoms with E-state index in [2.05, 4.69) is 61.2 Å². The van der Waals surface area contributed by atoms with Crippen molar-refractivity contribution in [1.82, 2.24) is 15.3 Å². The molecule has 1 aromatic heterocycles. The zero-order valence-corrected chi connectivity index (χ0v) is 11.5. The van der Waals surface area contributed by atoms with Crippen LogP contribution >= 0.6 is 0 Å². The number of nitrogens with zero attached hydrogens (tertiary/aromatic N) is 1. The molecule has 0 saturated heterocycles. The molecule has 0 radical (unpaired) electrons. The zero-order valence-electron chi connectivity index (χ0n) is 11.5. The van der Waals surface area contributed by atoms with Crippen LogP contribution in [0.2, 0.25) is 0 Å². The summed E-state index contributed by atoms with van der Waals surface area (Å²) in [5.41, 5.74) is 3.94. The van der Waals surface area contributed by atoms with Crippen LogP contribution in [-0.2, 0) is 0 Å². The summed E-state index contributed by atoms with van der Waals surface area (Å²) in [6.45, 7) is 8.59. The Morgan fingerprint density at radius 2 is 1.72 bits per heavy atom. The van der Waals surface area contributed by atoms with Gasteiger partial charge in [0, 0.05) is 18.4 Å². The minimum Gasteiger partial charge on any atom is -0.347 e. The Labute approximate surface area is 109 Å². The van der Waals surface area contributed by atoms with E-state index in [1.165, 1.54) is 16.7 Å². The van der Waals surface area contributed by atoms with Crippen LogP contribution in [0.5, 0.6) is 0 Å². The second-order valence-corrected chi connectivity index (χ2v) is 5.01. The predicted octanol–water partition coefficient (Wildman–Crippen LogP) is 3.44. The number of benzene rings is 1. The molecule has 3 nitrogen and oxygen atoms in total. The fraction of sp³-hybridized carbons (Fsp3) is 0.400. The van der Waals surface area contributed by atoms with E-state index in [-0.39, 0.29) is 6.04 Å². The van der Waals surface area contributed by atoms with Crippen LogP contribution in [0.15, 0.2) is 30.6 Å². The molecule has 0 spiro atoms. The predicted molar refractivity (Wildman–Crippen MR) is 74.5 cm³/mol. The van der Waals surface area contributed by atoms with Gasteiger partial charge in [0.2, 0.25) is 0 Å². The lowest BCUT2D eigenvalue weighted by Crippen LogP contribution is -2.23. The topological polar surface area (TPSA) is 40.7 Å². The Kier molecular flexibility index (Phi) is 3.82. The van der Waals surface area contributed by atoms with Crippen LogP contribution in [-0.4, -0.2) is 9.97 Å². The fourth-order valence-electron chi connectivity index (χ4n) is 2.32. The van der Waals surface area contributed by atoms with Gasteiger partial charge in [0.15, 0.2) is 0 Å². The van der Waals surface area contributed by atoms with Crippen LogP contribution < -0.4 is 5.32 Å². The number of H-pyrrole nitrogens is 1. The molecule has 0 aliphatic heterocycles. The maximum Gasteiger partial charge on any atom is 0.122 e. The van der Waals surface area contributed by atoms with Crippen molar-refractivity contribution in [3.8, 4) is 0 Å². The number of nitrogens with one attached hydrogen (secondary N) is 2. The van der Waals surface area contributed by atoms with Gasteiger partial charge in [-0.15, -0.1) is 0 Å². The van der Waals surface area contributed by atoms with Gasteiger partial charge in [-0.25, -0.2) is 4.98 Å². The first-order valence-electron chi connectivity index (χ1n) is 6.40. The molecule has 0 aliphatic rings. The monoisotopic (exact) mass is 243 g/mol. The first-order chi connectivity index (χ1) is 8.56. The summed E-state index contributed by atoms with van der Waals surface area (Å²) in [7, 11) is 0. The molecule has 1 heterocycles. The maximum absolute atomic E-state index is 4.28. The molecule has 2 unspecified atom stereocenters. The maximum atomic E-state index is 4.28. The number of hydrogen-bond donors (Lipinski definition) is 2. The molecule has 96 valence electrons. The van der Waals surface area contributed by atoms with Crippen molar-refractivity contribution >= 4 is 0 Å². The molecule has 2 atom stereocenters. The van der Waals surface area contributed by atoms with Crippen LogP contribution in [0.3, 0.4) is 0 Å². The zero-order chi connectivity index (χ0) is 13.1. The Balaban J connectivity index is 2.09. The Hall–Kier alpha value is -1.61. The first kappa shape index (κ1) is 12.8. The average molecular weight is 243 g/mol. The minimum atomic E-state index is 0.218. The second-order valence-electron chi connectivity index (χ2n) is 5.01. The molecule has 2 rings (SSSR count). The molecule has 0 fully saturated rings. The third kappa shape index (κ3) is 2.99. The second kappa shape index (κ2) is 5.36. The van der Waals surface area contributed by atoms with E-state index in [4.69, 9.17) is 0 Å². The molecular formula is C15H21N3. The van der Waals surface area contributed by atoms with Gasteiger partial charge in [0.25, 0.3) is 0 Å². The summed E-state index contributed by atoms with van der Waals surface area (Å²) in [6.07, 6.45) is 3.64. The Bertz CT molecular complexity index is 482. The molecule has 0 bridgehead atoms. The number of aryl methyl sites for hydroxylation is 2. The van der Waals surface area contributed by atoms with Gasteiger partial charge in [-0.05, 0) is 33.3 Å². The SMILES string of the molecule is Cc1cc(C)cc(C(C)NC(C)c2ncc[nH]2)c1. The lowest BCUT2D eigenvalue weighted by molar-refractivity contribution is 0.479. The number of aromatic amines is 1. The molecule has 0 aliphatic carbocycles. The van der Waals surface area contributed by atoms with E-state index < -0.39 is 0 Å². The van der Waals surface area contributed by atoms with Crippen molar-refractivity contribution in [2.45, 2.75) is 39.8 Å². The number of imidazole rings is 1. The highest BCUT2D eigenvalue weighted by molar-refractivity contribution is 5.30. The van der Waals surface area contributed by atoms with Crippen LogP contribution in [0.25, 0.3) is 0 Å². The summed E-state index contributed by atoms with van der Waals surface area (Å²) in [4.78, 5) is 7.42. The number of aromatic nitrogens is 2. The van der Waals surface area contributed by atoms with Crippen molar-refractivity contribution in [2.75, 3.05) is 0 Å². The van der Waals surface area contributed by atoms with Gasteiger partial charge in [-0.3, -0.25) is 0 Å². The molecule has 0 saturated carbocycles. The van der Waals surface area contributed by atoms with Crippen molar-refractivity contribution in [2.24, 2.45) is 0 Å². The van der Waals surface area contributed by atoms with E-state index in [1.54, 1.807) is 6.20 Å². The normalized spacial score (nSPS) is 14.4. The Morgan fingerprint density at radius 3 is 2.28 bits per heavy atom. The number of hydrogen-bond acceptors (Lipinski definition) is 2. The molecule has 0 amide bonds. The quantitative estimate of drug-likeness (QED) is 0.863. The van der Waals surface area contributed by atoms with E-state index in [0.717, 1.165) is 5.82 Å². The van der Waals surface area contributed by atoms with E-state index in [1.807, 2.05) is 6.20 Å². The fourth-order valence-corrected chi connectivity index (χ4v) is 2.32. The Morgan fingerprint density at radius 1 is 1.06 bits per heavy atom. The first-order valence-corrected chi connectivity index (χ1v) is 6.40. The molecule has 2 aromatic rings. The third-order valence-corrected chi connectivity index (χ3v) is 3.17. The molecule has 3 heteroatoms. The minimum absolute atomic E-state index is 0.218. The van der Waals surface area contributed by atoms with Gasteiger partial charge in [0.05, 0.1) is 6.04 Å². The molecule has 2 N–H and O–H groups in total. The van der Waals surface area contributed by atoms with Gasteiger partial charge in [-0.2, -0.15) is 0 Å². The largest absolute Gasteiger partial charge is 0.347 e. The third-order valence-electron chi connectivity index (χ3n) is 3.17.